The van der Waals surface area contributed by atoms with E-state index in [4.69, 9.17) is 0 Å². The van der Waals surface area contributed by atoms with Gasteiger partial charge in [0.2, 0.25) is 5.91 Å². The Morgan fingerprint density at radius 3 is 2.86 bits per heavy atom. The van der Waals surface area contributed by atoms with Crippen molar-refractivity contribution in [1.29, 1.82) is 0 Å². The molecule has 22 heavy (non-hydrogen) atoms. The maximum Gasteiger partial charge on any atom is 0.240 e. The molecule has 1 aliphatic rings. The molecule has 2 aromatic carbocycles. The Balaban J connectivity index is 1.78. The molecule has 1 atom stereocenters. The van der Waals surface area contributed by atoms with Gasteiger partial charge in [0.15, 0.2) is 5.13 Å². The van der Waals surface area contributed by atoms with Gasteiger partial charge in [-0.1, -0.05) is 51.5 Å². The lowest BCUT2D eigenvalue weighted by atomic mass is 10.2. The Kier molecular flexibility index (Phi) is 3.68. The van der Waals surface area contributed by atoms with E-state index in [1.54, 1.807) is 23.1 Å². The number of carbonyl (C=O) groups is 1. The van der Waals surface area contributed by atoms with E-state index in [-0.39, 0.29) is 11.3 Å². The number of aromatic nitrogens is 1. The molecular weight excluding hydrogens is 380 g/mol. The lowest BCUT2D eigenvalue weighted by Gasteiger charge is -2.21. The minimum Gasteiger partial charge on any atom is -0.273 e. The fourth-order valence-electron chi connectivity index (χ4n) is 2.50. The molecule has 3 nitrogen and oxygen atoms in total. The predicted molar refractivity (Wildman–Crippen MR) is 96.4 cm³/mol. The van der Waals surface area contributed by atoms with Crippen LogP contribution in [0.15, 0.2) is 53.0 Å². The topological polar surface area (TPSA) is 33.2 Å². The number of thiazole rings is 1. The normalized spacial score (nSPS) is 18.3. The van der Waals surface area contributed by atoms with Gasteiger partial charge in [-0.25, -0.2) is 4.98 Å². The van der Waals surface area contributed by atoms with Crippen molar-refractivity contribution >= 4 is 60.3 Å². The number of fused-ring (bicyclic) bond motifs is 1. The Bertz CT molecular complexity index is 831. The quantitative estimate of drug-likeness (QED) is 0.627. The van der Waals surface area contributed by atoms with Gasteiger partial charge in [0.25, 0.3) is 0 Å². The summed E-state index contributed by atoms with van der Waals surface area (Å²) in [6.07, 6.45) is 0. The van der Waals surface area contributed by atoms with Crippen LogP contribution in [0, 0.1) is 0 Å². The molecule has 0 aliphatic carbocycles. The fraction of sp³-hybridized carbons (Fsp3) is 0.125. The van der Waals surface area contributed by atoms with E-state index in [9.17, 15) is 4.79 Å². The molecule has 1 amide bonds. The van der Waals surface area contributed by atoms with Crippen LogP contribution in [0.1, 0.15) is 10.9 Å². The van der Waals surface area contributed by atoms with Gasteiger partial charge in [0.1, 0.15) is 5.37 Å². The Hall–Kier alpha value is -1.37. The second-order valence-electron chi connectivity index (χ2n) is 4.95. The zero-order valence-electron chi connectivity index (χ0n) is 11.4. The average molecular weight is 391 g/mol. The second kappa shape index (κ2) is 5.68. The van der Waals surface area contributed by atoms with Crippen molar-refractivity contribution < 1.29 is 4.79 Å². The summed E-state index contributed by atoms with van der Waals surface area (Å²) in [6.45, 7) is 0. The molecule has 1 unspecified atom stereocenters. The van der Waals surface area contributed by atoms with Crippen molar-refractivity contribution in [2.45, 2.75) is 5.37 Å². The zero-order valence-corrected chi connectivity index (χ0v) is 14.6. The first-order valence-electron chi connectivity index (χ1n) is 6.77. The van der Waals surface area contributed by atoms with E-state index >= 15 is 0 Å². The molecule has 0 radical (unpaired) electrons. The number of halogens is 1. The maximum atomic E-state index is 12.4. The van der Waals surface area contributed by atoms with Crippen LogP contribution in [0.4, 0.5) is 5.13 Å². The van der Waals surface area contributed by atoms with Crippen molar-refractivity contribution in [3.05, 3.63) is 58.6 Å². The van der Waals surface area contributed by atoms with E-state index in [2.05, 4.69) is 33.0 Å². The van der Waals surface area contributed by atoms with Gasteiger partial charge in [-0.3, -0.25) is 9.69 Å². The van der Waals surface area contributed by atoms with Gasteiger partial charge in [0.05, 0.1) is 16.0 Å². The fourth-order valence-corrected chi connectivity index (χ4v) is 5.14. The van der Waals surface area contributed by atoms with Crippen LogP contribution >= 0.6 is 39.0 Å². The van der Waals surface area contributed by atoms with Gasteiger partial charge >= 0.3 is 0 Å². The highest BCUT2D eigenvalue weighted by molar-refractivity contribution is 9.10. The zero-order chi connectivity index (χ0) is 15.1. The summed E-state index contributed by atoms with van der Waals surface area (Å²) in [5, 5.41) is 0.770. The molecule has 1 aromatic heterocycles. The summed E-state index contributed by atoms with van der Waals surface area (Å²) in [4.78, 5) is 18.9. The minimum absolute atomic E-state index is 0.00874. The molecule has 110 valence electrons. The first-order chi connectivity index (χ1) is 10.7. The van der Waals surface area contributed by atoms with Crippen molar-refractivity contribution in [1.82, 2.24) is 4.98 Å². The summed E-state index contributed by atoms with van der Waals surface area (Å²) in [5.74, 6) is 0.613. The number of carbonyl (C=O) groups excluding carboxylic acids is 1. The SMILES string of the molecule is O=C1CSC(c2cccc(Br)c2)N1c1nc2ccccc2s1. The number of amides is 1. The third-order valence-corrected chi connectivity index (χ3v) is 6.23. The highest BCUT2D eigenvalue weighted by atomic mass is 79.9. The standard InChI is InChI=1S/C16H11BrN2OS2/c17-11-5-3-4-10(8-11)15-19(14(20)9-21-15)16-18-12-6-1-2-7-13(12)22-16/h1-8,15H,9H2. The maximum absolute atomic E-state index is 12.4. The van der Waals surface area contributed by atoms with Crippen LogP contribution in [-0.4, -0.2) is 16.6 Å². The van der Waals surface area contributed by atoms with Crippen molar-refractivity contribution in [2.24, 2.45) is 0 Å². The van der Waals surface area contributed by atoms with Gasteiger partial charge < -0.3 is 0 Å². The van der Waals surface area contributed by atoms with Gasteiger partial charge in [-0.05, 0) is 29.8 Å². The number of hydrogen-bond acceptors (Lipinski definition) is 4. The van der Waals surface area contributed by atoms with Crippen LogP contribution in [0.3, 0.4) is 0 Å². The van der Waals surface area contributed by atoms with Crippen molar-refractivity contribution in [3.63, 3.8) is 0 Å². The molecule has 2 heterocycles. The predicted octanol–water partition coefficient (Wildman–Crippen LogP) is 4.84. The molecule has 0 saturated carbocycles. The van der Waals surface area contributed by atoms with Gasteiger partial charge in [0, 0.05) is 4.47 Å². The number of anilines is 1. The molecule has 4 rings (SSSR count). The Labute approximate surface area is 144 Å². The van der Waals surface area contributed by atoms with Crippen LogP contribution in [-0.2, 0) is 4.79 Å². The molecule has 1 fully saturated rings. The van der Waals surface area contributed by atoms with Crippen LogP contribution in [0.25, 0.3) is 10.2 Å². The average Bonchev–Trinajstić information content (AvgIpc) is 3.10. The van der Waals surface area contributed by atoms with Crippen LogP contribution in [0.2, 0.25) is 0 Å². The summed E-state index contributed by atoms with van der Waals surface area (Å²) in [6, 6.07) is 16.1. The highest BCUT2D eigenvalue weighted by Crippen LogP contribution is 2.44. The summed E-state index contributed by atoms with van der Waals surface area (Å²) in [7, 11) is 0. The lowest BCUT2D eigenvalue weighted by molar-refractivity contribution is -0.115. The van der Waals surface area contributed by atoms with Crippen molar-refractivity contribution in [2.75, 3.05) is 10.7 Å². The number of rotatable bonds is 2. The molecule has 3 aromatic rings. The van der Waals surface area contributed by atoms with E-state index in [0.717, 1.165) is 25.4 Å². The first kappa shape index (κ1) is 14.2. The van der Waals surface area contributed by atoms with E-state index in [0.29, 0.717) is 5.75 Å². The summed E-state index contributed by atoms with van der Waals surface area (Å²) in [5.41, 5.74) is 2.06. The van der Waals surface area contributed by atoms with E-state index in [1.165, 1.54) is 0 Å². The summed E-state index contributed by atoms with van der Waals surface area (Å²) < 4.78 is 2.13. The first-order valence-corrected chi connectivity index (χ1v) is 9.43. The second-order valence-corrected chi connectivity index (χ2v) is 7.94. The van der Waals surface area contributed by atoms with E-state index in [1.807, 2.05) is 41.3 Å². The Morgan fingerprint density at radius 1 is 1.18 bits per heavy atom. The van der Waals surface area contributed by atoms with Crippen LogP contribution < -0.4 is 4.90 Å². The van der Waals surface area contributed by atoms with Gasteiger partial charge in [-0.2, -0.15) is 0 Å². The van der Waals surface area contributed by atoms with Gasteiger partial charge in [-0.15, -0.1) is 11.8 Å². The number of thioether (sulfide) groups is 1. The third-order valence-electron chi connectivity index (χ3n) is 3.49. The molecule has 0 N–H and O–H groups in total. The minimum atomic E-state index is -0.00874. The number of benzene rings is 2. The van der Waals surface area contributed by atoms with Crippen molar-refractivity contribution in [3.8, 4) is 0 Å². The summed E-state index contributed by atoms with van der Waals surface area (Å²) >= 11 is 6.72. The largest absolute Gasteiger partial charge is 0.273 e. The number of para-hydroxylation sites is 1. The molecule has 1 saturated heterocycles. The lowest BCUT2D eigenvalue weighted by Crippen LogP contribution is -2.27. The molecule has 1 aliphatic heterocycles. The smallest absolute Gasteiger partial charge is 0.240 e. The van der Waals surface area contributed by atoms with Crippen LogP contribution in [0.5, 0.6) is 0 Å². The van der Waals surface area contributed by atoms with E-state index < -0.39 is 0 Å². The highest BCUT2D eigenvalue weighted by Gasteiger charge is 2.36. The molecule has 6 heteroatoms. The third kappa shape index (κ3) is 2.45. The number of nitrogens with zero attached hydrogens (tertiary/aromatic N) is 2. The monoisotopic (exact) mass is 390 g/mol. The molecule has 0 bridgehead atoms. The molecular formula is C16H11BrN2OS2. The number of hydrogen-bond donors (Lipinski definition) is 0. The molecule has 0 spiro atoms. The Morgan fingerprint density at radius 2 is 2.05 bits per heavy atom.